The van der Waals surface area contributed by atoms with Crippen LogP contribution in [0.5, 0.6) is 5.75 Å². The molecule has 1 amide bonds. The summed E-state index contributed by atoms with van der Waals surface area (Å²) in [5, 5.41) is 0. The second-order valence-electron chi connectivity index (χ2n) is 8.93. The third-order valence-corrected chi connectivity index (χ3v) is 6.77. The van der Waals surface area contributed by atoms with Crippen LogP contribution in [0.3, 0.4) is 0 Å². The van der Waals surface area contributed by atoms with Gasteiger partial charge in [0.1, 0.15) is 5.75 Å². The van der Waals surface area contributed by atoms with Gasteiger partial charge in [-0.1, -0.05) is 45.2 Å². The highest BCUT2D eigenvalue weighted by molar-refractivity contribution is 5.97. The predicted molar refractivity (Wildman–Crippen MR) is 109 cm³/mol. The first-order chi connectivity index (χ1) is 13.2. The van der Waals surface area contributed by atoms with Gasteiger partial charge < -0.3 is 9.64 Å². The van der Waals surface area contributed by atoms with Crippen molar-refractivity contribution in [3.63, 3.8) is 0 Å². The Morgan fingerprint density at radius 1 is 1.15 bits per heavy atom. The number of nitrogens with zero attached hydrogens (tertiary/aromatic N) is 2. The van der Waals surface area contributed by atoms with Crippen LogP contribution in [-0.2, 0) is 4.79 Å². The Hall–Kier alpha value is -1.55. The number of fused-ring (bicyclic) bond motifs is 3. The van der Waals surface area contributed by atoms with Crippen molar-refractivity contribution in [2.45, 2.75) is 70.9 Å². The first-order valence-electron chi connectivity index (χ1n) is 10.9. The van der Waals surface area contributed by atoms with Crippen molar-refractivity contribution in [1.82, 2.24) is 4.90 Å². The molecule has 2 saturated heterocycles. The standard InChI is InChI=1S/C23H34N2O2/c1-3-4-7-18-12-19-10-11-20(13-18)24(19)14-17(2)15-25-21-8-5-6-9-22(21)27-16-23(25)26/h5-6,8-9,17-20H,3-4,7,10-16H2,1-2H3. The number of hydrogen-bond donors (Lipinski definition) is 0. The predicted octanol–water partition coefficient (Wildman–Crippen LogP) is 4.48. The van der Waals surface area contributed by atoms with Crippen molar-refractivity contribution in [2.75, 3.05) is 24.6 Å². The summed E-state index contributed by atoms with van der Waals surface area (Å²) in [7, 11) is 0. The van der Waals surface area contributed by atoms with Gasteiger partial charge in [0.15, 0.2) is 6.61 Å². The summed E-state index contributed by atoms with van der Waals surface area (Å²) in [5.74, 6) is 2.33. The van der Waals surface area contributed by atoms with Crippen LogP contribution in [0.2, 0.25) is 0 Å². The Morgan fingerprint density at radius 3 is 2.63 bits per heavy atom. The fourth-order valence-corrected chi connectivity index (χ4v) is 5.50. The summed E-state index contributed by atoms with van der Waals surface area (Å²) < 4.78 is 5.58. The number of unbranched alkanes of at least 4 members (excludes halogenated alkanes) is 1. The summed E-state index contributed by atoms with van der Waals surface area (Å²) in [6, 6.07) is 9.47. The number of ether oxygens (including phenoxy) is 1. The number of piperidine rings is 1. The van der Waals surface area contributed by atoms with E-state index in [0.717, 1.165) is 42.5 Å². The molecule has 2 fully saturated rings. The maximum Gasteiger partial charge on any atom is 0.265 e. The molecule has 0 aromatic heterocycles. The van der Waals surface area contributed by atoms with Gasteiger partial charge in [0.05, 0.1) is 5.69 Å². The van der Waals surface area contributed by atoms with Gasteiger partial charge in [0.25, 0.3) is 5.91 Å². The number of hydrogen-bond acceptors (Lipinski definition) is 3. The van der Waals surface area contributed by atoms with Crippen molar-refractivity contribution >= 4 is 11.6 Å². The van der Waals surface area contributed by atoms with E-state index in [1.807, 2.05) is 29.2 Å². The highest BCUT2D eigenvalue weighted by atomic mass is 16.5. The summed E-state index contributed by atoms with van der Waals surface area (Å²) in [5.41, 5.74) is 0.932. The molecule has 148 valence electrons. The number of anilines is 1. The van der Waals surface area contributed by atoms with E-state index in [2.05, 4.69) is 18.7 Å². The second kappa shape index (κ2) is 8.22. The molecule has 2 bridgehead atoms. The van der Waals surface area contributed by atoms with Gasteiger partial charge in [0.2, 0.25) is 0 Å². The molecule has 4 rings (SSSR count). The summed E-state index contributed by atoms with van der Waals surface area (Å²) in [6.45, 7) is 6.67. The van der Waals surface area contributed by atoms with Crippen molar-refractivity contribution in [3.8, 4) is 5.75 Å². The lowest BCUT2D eigenvalue weighted by molar-refractivity contribution is -0.121. The zero-order valence-corrected chi connectivity index (χ0v) is 16.9. The molecule has 0 spiro atoms. The molecular formula is C23H34N2O2. The molecule has 0 saturated carbocycles. The van der Waals surface area contributed by atoms with Gasteiger partial charge in [-0.15, -0.1) is 0 Å². The molecule has 0 N–H and O–H groups in total. The maximum atomic E-state index is 12.5. The van der Waals surface area contributed by atoms with Crippen molar-refractivity contribution < 1.29 is 9.53 Å². The van der Waals surface area contributed by atoms with E-state index in [0.29, 0.717) is 5.92 Å². The van der Waals surface area contributed by atoms with E-state index in [1.54, 1.807) is 0 Å². The number of carbonyl (C=O) groups excluding carboxylic acids is 1. The minimum Gasteiger partial charge on any atom is -0.482 e. The van der Waals surface area contributed by atoms with E-state index in [9.17, 15) is 4.79 Å². The number of para-hydroxylation sites is 2. The van der Waals surface area contributed by atoms with Gasteiger partial charge in [-0.3, -0.25) is 9.69 Å². The van der Waals surface area contributed by atoms with Crippen molar-refractivity contribution in [3.05, 3.63) is 24.3 Å². The molecule has 1 aromatic carbocycles. The van der Waals surface area contributed by atoms with Crippen LogP contribution in [0.25, 0.3) is 0 Å². The number of benzene rings is 1. The molecule has 3 unspecified atom stereocenters. The third kappa shape index (κ3) is 4.01. The van der Waals surface area contributed by atoms with Crippen LogP contribution in [-0.4, -0.2) is 42.6 Å². The first kappa shape index (κ1) is 18.8. The van der Waals surface area contributed by atoms with Gasteiger partial charge in [-0.25, -0.2) is 0 Å². The fourth-order valence-electron chi connectivity index (χ4n) is 5.50. The number of amides is 1. The van der Waals surface area contributed by atoms with Gasteiger partial charge in [-0.2, -0.15) is 0 Å². The van der Waals surface area contributed by atoms with Crippen LogP contribution < -0.4 is 9.64 Å². The average molecular weight is 371 g/mol. The Morgan fingerprint density at radius 2 is 1.89 bits per heavy atom. The molecule has 0 aliphatic carbocycles. The molecule has 1 aromatic rings. The number of rotatable bonds is 7. The van der Waals surface area contributed by atoms with Gasteiger partial charge >= 0.3 is 0 Å². The number of carbonyl (C=O) groups is 1. The van der Waals surface area contributed by atoms with E-state index >= 15 is 0 Å². The largest absolute Gasteiger partial charge is 0.482 e. The molecule has 3 atom stereocenters. The molecule has 3 aliphatic rings. The van der Waals surface area contributed by atoms with Crippen molar-refractivity contribution in [1.29, 1.82) is 0 Å². The minimum absolute atomic E-state index is 0.0850. The Bertz CT molecular complexity index is 648. The van der Waals surface area contributed by atoms with E-state index in [-0.39, 0.29) is 12.5 Å². The highest BCUT2D eigenvalue weighted by Crippen LogP contribution is 2.41. The molecule has 3 heterocycles. The van der Waals surface area contributed by atoms with E-state index < -0.39 is 0 Å². The van der Waals surface area contributed by atoms with Crippen LogP contribution in [0, 0.1) is 11.8 Å². The van der Waals surface area contributed by atoms with Crippen LogP contribution >= 0.6 is 0 Å². The third-order valence-electron chi connectivity index (χ3n) is 6.77. The van der Waals surface area contributed by atoms with E-state index in [1.165, 1.54) is 44.9 Å². The van der Waals surface area contributed by atoms with E-state index in [4.69, 9.17) is 4.74 Å². The smallest absolute Gasteiger partial charge is 0.265 e. The zero-order valence-electron chi connectivity index (χ0n) is 16.9. The SMILES string of the molecule is CCCCC1CC2CCC(C1)N2CC(C)CN1C(=O)COc2ccccc21. The molecule has 3 aliphatic heterocycles. The lowest BCUT2D eigenvalue weighted by atomic mass is 9.86. The summed E-state index contributed by atoms with van der Waals surface area (Å²) in [4.78, 5) is 17.2. The topological polar surface area (TPSA) is 32.8 Å². The maximum absolute atomic E-state index is 12.5. The monoisotopic (exact) mass is 370 g/mol. The normalized spacial score (nSPS) is 28.7. The highest BCUT2D eigenvalue weighted by Gasteiger charge is 2.41. The van der Waals surface area contributed by atoms with Crippen LogP contribution in [0.15, 0.2) is 24.3 Å². The Kier molecular flexibility index (Phi) is 5.72. The van der Waals surface area contributed by atoms with Crippen molar-refractivity contribution in [2.24, 2.45) is 11.8 Å². The molecule has 4 heteroatoms. The molecule has 0 radical (unpaired) electrons. The Balaban J connectivity index is 1.36. The molecule has 4 nitrogen and oxygen atoms in total. The van der Waals surface area contributed by atoms with Crippen LogP contribution in [0.1, 0.15) is 58.8 Å². The van der Waals surface area contributed by atoms with Gasteiger partial charge in [-0.05, 0) is 49.7 Å². The minimum atomic E-state index is 0.0850. The molecule has 27 heavy (non-hydrogen) atoms. The lowest BCUT2D eigenvalue weighted by Gasteiger charge is -2.41. The summed E-state index contributed by atoms with van der Waals surface area (Å²) >= 11 is 0. The summed E-state index contributed by atoms with van der Waals surface area (Å²) in [6.07, 6.45) is 9.66. The zero-order chi connectivity index (χ0) is 18.8. The Labute approximate surface area is 163 Å². The first-order valence-corrected chi connectivity index (χ1v) is 10.9. The van der Waals surface area contributed by atoms with Crippen LogP contribution in [0.4, 0.5) is 5.69 Å². The second-order valence-corrected chi connectivity index (χ2v) is 8.93. The fraction of sp³-hybridized carbons (Fsp3) is 0.696. The molecular weight excluding hydrogens is 336 g/mol. The van der Waals surface area contributed by atoms with Gasteiger partial charge in [0, 0.05) is 25.2 Å². The lowest BCUT2D eigenvalue weighted by Crippen LogP contribution is -2.48. The average Bonchev–Trinajstić information content (AvgIpc) is 2.90. The quantitative estimate of drug-likeness (QED) is 0.709.